The van der Waals surface area contributed by atoms with Gasteiger partial charge in [-0.25, -0.2) is 4.98 Å². The van der Waals surface area contributed by atoms with E-state index >= 15 is 0 Å². The standard InChI is InChI=1S/C19H24N4O4/c24-18(20-11-13-5-3-9-26-13)16-15-7-1-2-8-23(15)17(22-16)19(25)21-12-14-6-4-10-27-14/h1-2,7-8,13-14H,3-6,9-12H2,(H,20,24)(H,21,25). The second-order valence-corrected chi connectivity index (χ2v) is 6.93. The van der Waals surface area contributed by atoms with Gasteiger partial charge in [0.2, 0.25) is 5.82 Å². The molecule has 2 atom stereocenters. The van der Waals surface area contributed by atoms with Crippen LogP contribution in [0.25, 0.3) is 5.52 Å². The molecule has 2 fully saturated rings. The number of nitrogens with one attached hydrogen (secondary N) is 2. The average molecular weight is 372 g/mol. The van der Waals surface area contributed by atoms with Crippen LogP contribution in [0.1, 0.15) is 46.8 Å². The van der Waals surface area contributed by atoms with Crippen molar-refractivity contribution in [2.75, 3.05) is 26.3 Å². The fourth-order valence-corrected chi connectivity index (χ4v) is 3.55. The summed E-state index contributed by atoms with van der Waals surface area (Å²) in [6, 6.07) is 5.41. The summed E-state index contributed by atoms with van der Waals surface area (Å²) in [4.78, 5) is 29.6. The Morgan fingerprint density at radius 3 is 2.33 bits per heavy atom. The Hall–Kier alpha value is -2.45. The molecule has 0 saturated carbocycles. The minimum Gasteiger partial charge on any atom is -0.376 e. The van der Waals surface area contributed by atoms with Crippen molar-refractivity contribution in [3.8, 4) is 0 Å². The zero-order valence-electron chi connectivity index (χ0n) is 15.1. The summed E-state index contributed by atoms with van der Waals surface area (Å²) in [5.41, 5.74) is 0.848. The van der Waals surface area contributed by atoms with Gasteiger partial charge in [0.1, 0.15) is 0 Å². The molecule has 2 N–H and O–H groups in total. The highest BCUT2D eigenvalue weighted by Gasteiger charge is 2.24. The fraction of sp³-hybridized carbons (Fsp3) is 0.526. The lowest BCUT2D eigenvalue weighted by molar-refractivity contribution is 0.0846. The molecular formula is C19H24N4O4. The topological polar surface area (TPSA) is 94.0 Å². The first-order valence-corrected chi connectivity index (χ1v) is 9.49. The van der Waals surface area contributed by atoms with Crippen LogP contribution in [0, 0.1) is 0 Å². The first-order chi connectivity index (χ1) is 13.2. The molecule has 0 radical (unpaired) electrons. The molecule has 8 nitrogen and oxygen atoms in total. The molecule has 2 aliphatic rings. The number of nitrogens with zero attached hydrogens (tertiary/aromatic N) is 2. The summed E-state index contributed by atoms with van der Waals surface area (Å²) >= 11 is 0. The fourth-order valence-electron chi connectivity index (χ4n) is 3.55. The van der Waals surface area contributed by atoms with Crippen LogP contribution < -0.4 is 10.6 Å². The summed E-state index contributed by atoms with van der Waals surface area (Å²) < 4.78 is 12.7. The van der Waals surface area contributed by atoms with Crippen molar-refractivity contribution in [1.29, 1.82) is 0 Å². The van der Waals surface area contributed by atoms with E-state index in [1.165, 1.54) is 0 Å². The smallest absolute Gasteiger partial charge is 0.287 e. The third-order valence-electron chi connectivity index (χ3n) is 5.00. The van der Waals surface area contributed by atoms with Gasteiger partial charge in [-0.2, -0.15) is 0 Å². The molecule has 2 aromatic heterocycles. The van der Waals surface area contributed by atoms with Gasteiger partial charge < -0.3 is 20.1 Å². The summed E-state index contributed by atoms with van der Waals surface area (Å²) in [6.07, 6.45) is 5.76. The minimum absolute atomic E-state index is 0.0503. The van der Waals surface area contributed by atoms with Gasteiger partial charge in [0, 0.05) is 32.5 Å². The predicted molar refractivity (Wildman–Crippen MR) is 97.8 cm³/mol. The Bertz CT molecular complexity index is 756. The van der Waals surface area contributed by atoms with Gasteiger partial charge in [0.05, 0.1) is 17.7 Å². The molecule has 2 aromatic rings. The van der Waals surface area contributed by atoms with Gasteiger partial charge >= 0.3 is 0 Å². The molecule has 2 aliphatic heterocycles. The maximum atomic E-state index is 12.6. The van der Waals surface area contributed by atoms with Gasteiger partial charge in [-0.1, -0.05) is 6.07 Å². The van der Waals surface area contributed by atoms with Gasteiger partial charge in [-0.05, 0) is 37.8 Å². The number of ether oxygens (including phenoxy) is 2. The summed E-state index contributed by atoms with van der Waals surface area (Å²) in [7, 11) is 0. The molecule has 0 spiro atoms. The normalized spacial score (nSPS) is 22.2. The van der Waals surface area contributed by atoms with Gasteiger partial charge in [-0.3, -0.25) is 14.0 Å². The number of imidazole rings is 1. The lowest BCUT2D eigenvalue weighted by Gasteiger charge is -2.10. The van der Waals surface area contributed by atoms with Gasteiger partial charge in [-0.15, -0.1) is 0 Å². The zero-order valence-corrected chi connectivity index (χ0v) is 15.1. The highest BCUT2D eigenvalue weighted by atomic mass is 16.5. The van der Waals surface area contributed by atoms with E-state index in [-0.39, 0.29) is 35.5 Å². The van der Waals surface area contributed by atoms with Crippen LogP contribution in [0.3, 0.4) is 0 Å². The molecule has 2 amide bonds. The molecular weight excluding hydrogens is 348 g/mol. The molecule has 2 unspecified atom stereocenters. The number of carbonyl (C=O) groups is 2. The zero-order chi connectivity index (χ0) is 18.6. The number of aromatic nitrogens is 2. The Balaban J connectivity index is 1.49. The monoisotopic (exact) mass is 372 g/mol. The molecule has 4 rings (SSSR count). The first-order valence-electron chi connectivity index (χ1n) is 9.49. The summed E-state index contributed by atoms with van der Waals surface area (Å²) in [5, 5.41) is 5.73. The van der Waals surface area contributed by atoms with Crippen LogP contribution in [-0.2, 0) is 9.47 Å². The van der Waals surface area contributed by atoms with E-state index in [1.807, 2.05) is 6.07 Å². The third kappa shape index (κ3) is 3.96. The van der Waals surface area contributed by atoms with E-state index < -0.39 is 0 Å². The van der Waals surface area contributed by atoms with E-state index in [2.05, 4.69) is 15.6 Å². The Morgan fingerprint density at radius 1 is 1.04 bits per heavy atom. The molecule has 8 heteroatoms. The van der Waals surface area contributed by atoms with Crippen LogP contribution in [0.4, 0.5) is 0 Å². The maximum absolute atomic E-state index is 12.6. The average Bonchev–Trinajstić information content (AvgIpc) is 3.45. The highest BCUT2D eigenvalue weighted by molar-refractivity contribution is 6.02. The van der Waals surface area contributed by atoms with Crippen LogP contribution in [0.2, 0.25) is 0 Å². The predicted octanol–water partition coefficient (Wildman–Crippen LogP) is 1.15. The van der Waals surface area contributed by atoms with E-state index in [0.29, 0.717) is 18.6 Å². The number of hydrogen-bond donors (Lipinski definition) is 2. The van der Waals surface area contributed by atoms with E-state index in [9.17, 15) is 9.59 Å². The number of pyridine rings is 1. The largest absolute Gasteiger partial charge is 0.376 e. The Morgan fingerprint density at radius 2 is 1.70 bits per heavy atom. The van der Waals surface area contributed by atoms with Crippen molar-refractivity contribution >= 4 is 17.3 Å². The van der Waals surface area contributed by atoms with Crippen molar-refractivity contribution in [2.24, 2.45) is 0 Å². The Kier molecular flexibility index (Phi) is 5.35. The molecule has 0 aromatic carbocycles. The molecule has 27 heavy (non-hydrogen) atoms. The van der Waals surface area contributed by atoms with Crippen molar-refractivity contribution in [3.05, 3.63) is 35.9 Å². The SMILES string of the molecule is O=C(NCC1CCCO1)c1nc(C(=O)NCC2CCCO2)n2ccccc12. The van der Waals surface area contributed by atoms with Crippen LogP contribution in [0.15, 0.2) is 24.4 Å². The van der Waals surface area contributed by atoms with E-state index in [4.69, 9.17) is 9.47 Å². The van der Waals surface area contributed by atoms with E-state index in [1.54, 1.807) is 22.7 Å². The Labute approximate surface area is 157 Å². The third-order valence-corrected chi connectivity index (χ3v) is 5.00. The van der Waals surface area contributed by atoms with Crippen molar-refractivity contribution in [3.63, 3.8) is 0 Å². The molecule has 144 valence electrons. The summed E-state index contributed by atoms with van der Waals surface area (Å²) in [6.45, 7) is 2.37. The quantitative estimate of drug-likeness (QED) is 0.793. The van der Waals surface area contributed by atoms with Crippen LogP contribution in [-0.4, -0.2) is 59.7 Å². The second kappa shape index (κ2) is 8.06. The highest BCUT2D eigenvalue weighted by Crippen LogP contribution is 2.15. The van der Waals surface area contributed by atoms with Crippen molar-refractivity contribution in [1.82, 2.24) is 20.0 Å². The number of amides is 2. The number of rotatable bonds is 6. The molecule has 0 bridgehead atoms. The van der Waals surface area contributed by atoms with Crippen molar-refractivity contribution < 1.29 is 19.1 Å². The first kappa shape index (κ1) is 17.9. The van der Waals surface area contributed by atoms with Gasteiger partial charge in [0.25, 0.3) is 11.8 Å². The lowest BCUT2D eigenvalue weighted by atomic mass is 10.2. The minimum atomic E-state index is -0.315. The molecule has 0 aliphatic carbocycles. The molecule has 4 heterocycles. The number of fused-ring (bicyclic) bond motifs is 1. The number of hydrogen-bond acceptors (Lipinski definition) is 5. The van der Waals surface area contributed by atoms with Crippen LogP contribution >= 0.6 is 0 Å². The van der Waals surface area contributed by atoms with Gasteiger partial charge in [0.15, 0.2) is 5.69 Å². The molecule has 2 saturated heterocycles. The van der Waals surface area contributed by atoms with E-state index in [0.717, 1.165) is 38.9 Å². The van der Waals surface area contributed by atoms with Crippen molar-refractivity contribution in [2.45, 2.75) is 37.9 Å². The van der Waals surface area contributed by atoms with Crippen LogP contribution in [0.5, 0.6) is 0 Å². The number of carbonyl (C=O) groups excluding carboxylic acids is 2. The maximum Gasteiger partial charge on any atom is 0.287 e. The lowest BCUT2D eigenvalue weighted by Crippen LogP contribution is -2.33. The second-order valence-electron chi connectivity index (χ2n) is 6.93. The summed E-state index contributed by atoms with van der Waals surface area (Å²) in [5.74, 6) is -0.414.